The molecule has 1 saturated carbocycles. The maximum Gasteiger partial charge on any atom is 0.296 e. The zero-order chi connectivity index (χ0) is 32.9. The van der Waals surface area contributed by atoms with Gasteiger partial charge in [-0.25, -0.2) is 13.8 Å². The lowest BCUT2D eigenvalue weighted by Crippen LogP contribution is -2.44. The van der Waals surface area contributed by atoms with Crippen LogP contribution in [0.2, 0.25) is 0 Å². The van der Waals surface area contributed by atoms with Gasteiger partial charge in [0.2, 0.25) is 5.95 Å². The second-order valence-electron chi connectivity index (χ2n) is 13.1. The van der Waals surface area contributed by atoms with Crippen molar-refractivity contribution >= 4 is 22.8 Å². The Bertz CT molecular complexity index is 1630. The van der Waals surface area contributed by atoms with Crippen LogP contribution in [-0.4, -0.2) is 95.7 Å². The van der Waals surface area contributed by atoms with Crippen LogP contribution in [0.25, 0.3) is 16.9 Å². The maximum atomic E-state index is 14.3. The Balaban J connectivity index is 1.02. The number of para-hydroxylation sites is 2. The molecule has 0 amide bonds. The van der Waals surface area contributed by atoms with Crippen molar-refractivity contribution in [1.82, 2.24) is 24.4 Å². The summed E-state index contributed by atoms with van der Waals surface area (Å²) in [5, 5.41) is 3.56. The zero-order valence-electron chi connectivity index (χ0n) is 27.5. The molecule has 1 N–H and O–H groups in total. The van der Waals surface area contributed by atoms with Gasteiger partial charge in [0.05, 0.1) is 43.6 Å². The minimum atomic E-state index is -2.75. The SMILES string of the molecule is COC[C@@H]1C[C@@H](OCc2ccccc2)CN1[C@H]1CC[C@H](CNc2cc(-n3c(C(F)F)nc4ccccc43)nc(N3CCOCC3)n2)CC1. The topological polar surface area (TPSA) is 89.8 Å². The Kier molecular flexibility index (Phi) is 10.4. The molecule has 2 saturated heterocycles. The molecule has 3 aliphatic rings. The third kappa shape index (κ3) is 7.46. The number of rotatable bonds is 12. The van der Waals surface area contributed by atoms with Crippen LogP contribution >= 0.6 is 0 Å². The van der Waals surface area contributed by atoms with Gasteiger partial charge in [-0.2, -0.15) is 9.97 Å². The average Bonchev–Trinajstić information content (AvgIpc) is 3.73. The van der Waals surface area contributed by atoms with E-state index in [1.807, 2.05) is 17.0 Å². The van der Waals surface area contributed by atoms with Crippen LogP contribution in [0.4, 0.5) is 20.5 Å². The van der Waals surface area contributed by atoms with E-state index < -0.39 is 6.43 Å². The van der Waals surface area contributed by atoms with E-state index in [1.54, 1.807) is 31.4 Å². The van der Waals surface area contributed by atoms with Crippen molar-refractivity contribution in [3.8, 4) is 5.82 Å². The van der Waals surface area contributed by atoms with Crippen LogP contribution in [-0.2, 0) is 20.8 Å². The summed E-state index contributed by atoms with van der Waals surface area (Å²) in [5.74, 6) is 1.66. The molecule has 12 heteroatoms. The smallest absolute Gasteiger partial charge is 0.296 e. The van der Waals surface area contributed by atoms with Gasteiger partial charge < -0.3 is 24.4 Å². The molecule has 7 rings (SSSR count). The first-order valence-corrected chi connectivity index (χ1v) is 17.2. The van der Waals surface area contributed by atoms with Crippen LogP contribution in [0.3, 0.4) is 0 Å². The largest absolute Gasteiger partial charge is 0.383 e. The van der Waals surface area contributed by atoms with Gasteiger partial charge in [0.1, 0.15) is 11.6 Å². The van der Waals surface area contributed by atoms with E-state index in [2.05, 4.69) is 39.5 Å². The van der Waals surface area contributed by atoms with E-state index in [0.717, 1.165) is 45.2 Å². The first kappa shape index (κ1) is 32.8. The van der Waals surface area contributed by atoms with E-state index in [4.69, 9.17) is 24.2 Å². The molecule has 256 valence electrons. The Morgan fingerprint density at radius 3 is 2.50 bits per heavy atom. The number of nitrogens with zero attached hydrogens (tertiary/aromatic N) is 6. The molecular weight excluding hydrogens is 616 g/mol. The molecule has 3 fully saturated rings. The fourth-order valence-corrected chi connectivity index (χ4v) is 7.50. The summed E-state index contributed by atoms with van der Waals surface area (Å²) in [6.45, 7) is 5.45. The third-order valence-electron chi connectivity index (χ3n) is 9.97. The minimum Gasteiger partial charge on any atom is -0.383 e. The molecule has 0 spiro atoms. The van der Waals surface area contributed by atoms with E-state index in [0.29, 0.717) is 86.1 Å². The third-order valence-corrected chi connectivity index (χ3v) is 9.97. The summed E-state index contributed by atoms with van der Waals surface area (Å²) in [7, 11) is 1.78. The normalized spacial score (nSPS) is 23.7. The first-order valence-electron chi connectivity index (χ1n) is 17.2. The number of aromatic nitrogens is 4. The van der Waals surface area contributed by atoms with E-state index in [1.165, 1.54) is 10.1 Å². The summed E-state index contributed by atoms with van der Waals surface area (Å²) in [6.07, 6.45) is 2.86. The van der Waals surface area contributed by atoms with Crippen LogP contribution < -0.4 is 10.2 Å². The first-order chi connectivity index (χ1) is 23.6. The average molecular weight is 662 g/mol. The van der Waals surface area contributed by atoms with Gasteiger partial charge in [-0.3, -0.25) is 9.47 Å². The molecule has 1 aliphatic carbocycles. The van der Waals surface area contributed by atoms with Crippen molar-refractivity contribution in [2.24, 2.45) is 5.92 Å². The van der Waals surface area contributed by atoms with Gasteiger partial charge in [0.25, 0.3) is 6.43 Å². The Labute approximate surface area is 280 Å². The molecule has 10 nitrogen and oxygen atoms in total. The predicted molar refractivity (Wildman–Crippen MR) is 181 cm³/mol. The van der Waals surface area contributed by atoms with Crippen LogP contribution in [0.5, 0.6) is 0 Å². The quantitative estimate of drug-likeness (QED) is 0.200. The molecule has 4 aromatic rings. The van der Waals surface area contributed by atoms with E-state index in [-0.39, 0.29) is 11.9 Å². The van der Waals surface area contributed by atoms with Gasteiger partial charge in [0, 0.05) is 51.4 Å². The van der Waals surface area contributed by atoms with Crippen molar-refractivity contribution in [3.05, 3.63) is 72.1 Å². The highest BCUT2D eigenvalue weighted by Gasteiger charge is 2.38. The van der Waals surface area contributed by atoms with Crippen LogP contribution in [0, 0.1) is 5.92 Å². The second kappa shape index (κ2) is 15.2. The van der Waals surface area contributed by atoms with Crippen molar-refractivity contribution in [1.29, 1.82) is 0 Å². The number of anilines is 2. The molecular formula is C36H45F2N7O3. The highest BCUT2D eigenvalue weighted by atomic mass is 19.3. The lowest BCUT2D eigenvalue weighted by atomic mass is 9.85. The summed E-state index contributed by atoms with van der Waals surface area (Å²) in [4.78, 5) is 18.6. The Morgan fingerprint density at radius 2 is 1.73 bits per heavy atom. The molecule has 48 heavy (non-hydrogen) atoms. The van der Waals surface area contributed by atoms with Gasteiger partial charge >= 0.3 is 0 Å². The van der Waals surface area contributed by atoms with Crippen LogP contribution in [0.1, 0.15) is 49.9 Å². The molecule has 0 bridgehead atoms. The van der Waals surface area contributed by atoms with Crippen LogP contribution in [0.15, 0.2) is 60.7 Å². The number of ether oxygens (including phenoxy) is 3. The molecule has 2 aliphatic heterocycles. The Hall–Kier alpha value is -3.71. The van der Waals surface area contributed by atoms with E-state index >= 15 is 0 Å². The second-order valence-corrected chi connectivity index (χ2v) is 13.1. The summed E-state index contributed by atoms with van der Waals surface area (Å²) in [6, 6.07) is 20.2. The zero-order valence-corrected chi connectivity index (χ0v) is 27.5. The van der Waals surface area contributed by atoms with Gasteiger partial charge in [0.15, 0.2) is 5.82 Å². The minimum absolute atomic E-state index is 0.204. The van der Waals surface area contributed by atoms with E-state index in [9.17, 15) is 8.78 Å². The number of benzene rings is 2. The lowest BCUT2D eigenvalue weighted by molar-refractivity contribution is 0.0382. The standard InChI is InChI=1S/C36H45F2N7O3/c1-46-24-28-19-29(48-23-26-7-3-2-4-8-26)22-44(28)27-13-11-25(12-14-27)21-39-32-20-33(42-36(41-32)43-15-17-47-18-16-43)45-31-10-6-5-9-30(31)40-35(45)34(37)38/h2-10,20,25,27-29,34H,11-19,21-24H2,1H3,(H,39,41,42)/t25-,27-,28-,29+/m0/s1. The number of methoxy groups -OCH3 is 1. The molecule has 2 aromatic heterocycles. The van der Waals surface area contributed by atoms with Crippen molar-refractivity contribution in [2.75, 3.05) is 63.3 Å². The molecule has 2 atom stereocenters. The van der Waals surface area contributed by atoms with Gasteiger partial charge in [-0.05, 0) is 55.7 Å². The van der Waals surface area contributed by atoms with Crippen molar-refractivity contribution in [3.63, 3.8) is 0 Å². The number of morpholine rings is 1. The number of nitrogens with one attached hydrogen (secondary N) is 1. The van der Waals surface area contributed by atoms with Crippen molar-refractivity contribution in [2.45, 2.75) is 63.3 Å². The highest BCUT2D eigenvalue weighted by Crippen LogP contribution is 2.34. The lowest BCUT2D eigenvalue weighted by Gasteiger charge is -2.37. The number of fused-ring (bicyclic) bond motifs is 1. The Morgan fingerprint density at radius 1 is 0.958 bits per heavy atom. The molecule has 2 aromatic carbocycles. The fourth-order valence-electron chi connectivity index (χ4n) is 7.50. The number of alkyl halides is 2. The molecule has 0 unspecified atom stereocenters. The molecule has 4 heterocycles. The highest BCUT2D eigenvalue weighted by molar-refractivity contribution is 5.78. The predicted octanol–water partition coefficient (Wildman–Crippen LogP) is 5.87. The summed E-state index contributed by atoms with van der Waals surface area (Å²) < 4.78 is 47.5. The summed E-state index contributed by atoms with van der Waals surface area (Å²) >= 11 is 0. The maximum absolute atomic E-state index is 14.3. The summed E-state index contributed by atoms with van der Waals surface area (Å²) in [5.41, 5.74) is 2.29. The van der Waals surface area contributed by atoms with Crippen molar-refractivity contribution < 1.29 is 23.0 Å². The number of likely N-dealkylation sites (tertiary alicyclic amines) is 1. The number of halogens is 2. The van der Waals surface area contributed by atoms with Gasteiger partial charge in [-0.1, -0.05) is 42.5 Å². The number of hydrogen-bond acceptors (Lipinski definition) is 9. The van der Waals surface area contributed by atoms with Gasteiger partial charge in [-0.15, -0.1) is 0 Å². The molecule has 0 radical (unpaired) electrons. The fraction of sp³-hybridized carbons (Fsp3) is 0.528. The number of hydrogen-bond donors (Lipinski definition) is 1. The monoisotopic (exact) mass is 661 g/mol. The number of imidazole rings is 1.